The van der Waals surface area contributed by atoms with E-state index in [0.717, 1.165) is 5.92 Å². The van der Waals surface area contributed by atoms with Gasteiger partial charge in [-0.15, -0.1) is 11.3 Å². The quantitative estimate of drug-likeness (QED) is 0.880. The second-order valence-electron chi connectivity index (χ2n) is 6.44. The largest absolute Gasteiger partial charge is 0.305 e. The minimum Gasteiger partial charge on any atom is -0.305 e. The van der Waals surface area contributed by atoms with Crippen molar-refractivity contribution in [2.45, 2.75) is 57.5 Å². The van der Waals surface area contributed by atoms with Gasteiger partial charge < -0.3 is 10.2 Å². The van der Waals surface area contributed by atoms with Gasteiger partial charge in [-0.3, -0.25) is 0 Å². The summed E-state index contributed by atoms with van der Waals surface area (Å²) in [6, 6.07) is 5.85. The van der Waals surface area contributed by atoms with Crippen LogP contribution >= 0.6 is 11.3 Å². The summed E-state index contributed by atoms with van der Waals surface area (Å²) in [5.41, 5.74) is 0. The summed E-state index contributed by atoms with van der Waals surface area (Å²) in [7, 11) is 0. The maximum absolute atomic E-state index is 4.03. The molecular weight excluding hydrogens is 264 g/mol. The summed E-state index contributed by atoms with van der Waals surface area (Å²) in [6.45, 7) is 6.02. The summed E-state index contributed by atoms with van der Waals surface area (Å²) >= 11 is 1.94. The molecule has 1 aromatic rings. The molecule has 1 aliphatic carbocycles. The zero-order chi connectivity index (χ0) is 13.8. The average Bonchev–Trinajstić information content (AvgIpc) is 3.18. The molecule has 0 radical (unpaired) electrons. The van der Waals surface area contributed by atoms with Crippen molar-refractivity contribution in [3.8, 4) is 0 Å². The lowest BCUT2D eigenvalue weighted by molar-refractivity contribution is 0.180. The number of hydrogen-bond acceptors (Lipinski definition) is 3. The minimum absolute atomic E-state index is 0.610. The number of nitrogens with one attached hydrogen (secondary N) is 1. The van der Waals surface area contributed by atoms with E-state index in [1.165, 1.54) is 58.2 Å². The fourth-order valence-corrected chi connectivity index (χ4v) is 4.82. The molecule has 0 amide bonds. The summed E-state index contributed by atoms with van der Waals surface area (Å²) in [5.74, 6) is 0.866. The van der Waals surface area contributed by atoms with E-state index < -0.39 is 0 Å². The first kappa shape index (κ1) is 14.6. The molecule has 1 saturated heterocycles. The van der Waals surface area contributed by atoms with E-state index >= 15 is 0 Å². The molecular formula is C17H28N2S. The Hall–Kier alpha value is -0.380. The maximum atomic E-state index is 4.03. The van der Waals surface area contributed by atoms with Gasteiger partial charge in [0.25, 0.3) is 0 Å². The van der Waals surface area contributed by atoms with Gasteiger partial charge >= 0.3 is 0 Å². The van der Waals surface area contributed by atoms with Crippen LogP contribution in [0.2, 0.25) is 0 Å². The summed E-state index contributed by atoms with van der Waals surface area (Å²) < 4.78 is 0. The maximum Gasteiger partial charge on any atom is 0.0445 e. The van der Waals surface area contributed by atoms with Crippen LogP contribution in [-0.2, 0) is 0 Å². The summed E-state index contributed by atoms with van der Waals surface area (Å²) in [6.07, 6.45) is 8.40. The van der Waals surface area contributed by atoms with Gasteiger partial charge in [0.15, 0.2) is 0 Å². The SMILES string of the molecule is CCN1CCCC(NC(c2cccs2)C2CCCC2)C1. The third kappa shape index (κ3) is 3.44. The van der Waals surface area contributed by atoms with Crippen LogP contribution in [0.1, 0.15) is 56.4 Å². The molecule has 2 unspecified atom stereocenters. The molecule has 1 saturated carbocycles. The Bertz CT molecular complexity index is 384. The third-order valence-electron chi connectivity index (χ3n) is 5.09. The molecule has 2 aliphatic rings. The highest BCUT2D eigenvalue weighted by Crippen LogP contribution is 2.38. The second kappa shape index (κ2) is 7.06. The third-order valence-corrected chi connectivity index (χ3v) is 6.04. The van der Waals surface area contributed by atoms with E-state index in [1.54, 1.807) is 4.88 Å². The number of hydrogen-bond donors (Lipinski definition) is 1. The van der Waals surface area contributed by atoms with Crippen LogP contribution in [0.5, 0.6) is 0 Å². The number of thiophene rings is 1. The van der Waals surface area contributed by atoms with Crippen LogP contribution in [-0.4, -0.2) is 30.6 Å². The van der Waals surface area contributed by atoms with E-state index in [1.807, 2.05) is 11.3 Å². The smallest absolute Gasteiger partial charge is 0.0445 e. The number of rotatable bonds is 5. The van der Waals surface area contributed by atoms with Crippen molar-refractivity contribution in [2.24, 2.45) is 5.92 Å². The van der Waals surface area contributed by atoms with E-state index in [0.29, 0.717) is 12.1 Å². The fraction of sp³-hybridized carbons (Fsp3) is 0.765. The van der Waals surface area contributed by atoms with Gasteiger partial charge in [-0.25, -0.2) is 0 Å². The number of likely N-dealkylation sites (tertiary alicyclic amines) is 1. The highest BCUT2D eigenvalue weighted by atomic mass is 32.1. The van der Waals surface area contributed by atoms with E-state index in [-0.39, 0.29) is 0 Å². The number of nitrogens with zero attached hydrogens (tertiary/aromatic N) is 1. The first-order chi connectivity index (χ1) is 9.86. The molecule has 1 N–H and O–H groups in total. The predicted octanol–water partition coefficient (Wildman–Crippen LogP) is 4.05. The first-order valence-corrected chi connectivity index (χ1v) is 9.26. The monoisotopic (exact) mass is 292 g/mol. The van der Waals surface area contributed by atoms with Crippen LogP contribution in [0.25, 0.3) is 0 Å². The number of piperidine rings is 1. The van der Waals surface area contributed by atoms with Crippen molar-refractivity contribution >= 4 is 11.3 Å². The molecule has 0 aromatic carbocycles. The molecule has 1 aliphatic heterocycles. The van der Waals surface area contributed by atoms with Crippen LogP contribution in [0.15, 0.2) is 17.5 Å². The van der Waals surface area contributed by atoms with Gasteiger partial charge in [0.2, 0.25) is 0 Å². The molecule has 112 valence electrons. The Kier molecular flexibility index (Phi) is 5.14. The Morgan fingerprint density at radius 2 is 2.15 bits per heavy atom. The zero-order valence-electron chi connectivity index (χ0n) is 12.7. The topological polar surface area (TPSA) is 15.3 Å². The Morgan fingerprint density at radius 3 is 2.85 bits per heavy atom. The van der Waals surface area contributed by atoms with Gasteiger partial charge in [0.1, 0.15) is 0 Å². The van der Waals surface area contributed by atoms with Crippen molar-refractivity contribution in [3.63, 3.8) is 0 Å². The second-order valence-corrected chi connectivity index (χ2v) is 7.42. The minimum atomic E-state index is 0.610. The summed E-state index contributed by atoms with van der Waals surface area (Å²) in [5, 5.41) is 6.27. The predicted molar refractivity (Wildman–Crippen MR) is 87.3 cm³/mol. The van der Waals surface area contributed by atoms with Crippen molar-refractivity contribution in [1.29, 1.82) is 0 Å². The van der Waals surface area contributed by atoms with Gasteiger partial charge in [0, 0.05) is 23.5 Å². The van der Waals surface area contributed by atoms with Crippen LogP contribution in [0.4, 0.5) is 0 Å². The van der Waals surface area contributed by atoms with Crippen LogP contribution in [0.3, 0.4) is 0 Å². The standard InChI is InChI=1S/C17H28N2S/c1-2-19-11-5-9-15(13-19)18-17(14-7-3-4-8-14)16-10-6-12-20-16/h6,10,12,14-15,17-18H,2-5,7-9,11,13H2,1H3. The molecule has 0 spiro atoms. The van der Waals surface area contributed by atoms with Gasteiger partial charge in [-0.05, 0) is 56.1 Å². The molecule has 1 aromatic heterocycles. The number of likely N-dealkylation sites (N-methyl/N-ethyl adjacent to an activating group) is 1. The first-order valence-electron chi connectivity index (χ1n) is 8.38. The fourth-order valence-electron chi connectivity index (χ4n) is 3.94. The molecule has 2 atom stereocenters. The Labute approximate surface area is 127 Å². The Morgan fingerprint density at radius 1 is 1.30 bits per heavy atom. The van der Waals surface area contributed by atoms with Crippen LogP contribution in [0, 0.1) is 5.92 Å². The highest BCUT2D eigenvalue weighted by Gasteiger charge is 2.30. The zero-order valence-corrected chi connectivity index (χ0v) is 13.5. The lowest BCUT2D eigenvalue weighted by atomic mass is 9.94. The van der Waals surface area contributed by atoms with Gasteiger partial charge in [0.05, 0.1) is 0 Å². The molecule has 2 nitrogen and oxygen atoms in total. The summed E-state index contributed by atoms with van der Waals surface area (Å²) in [4.78, 5) is 4.16. The normalized spacial score (nSPS) is 26.9. The van der Waals surface area contributed by atoms with Crippen molar-refractivity contribution < 1.29 is 0 Å². The lowest BCUT2D eigenvalue weighted by Gasteiger charge is -2.36. The molecule has 2 heterocycles. The van der Waals surface area contributed by atoms with Crippen LogP contribution < -0.4 is 5.32 Å². The molecule has 3 rings (SSSR count). The van der Waals surface area contributed by atoms with E-state index in [9.17, 15) is 0 Å². The van der Waals surface area contributed by atoms with Crippen molar-refractivity contribution in [2.75, 3.05) is 19.6 Å². The Balaban J connectivity index is 1.66. The van der Waals surface area contributed by atoms with Gasteiger partial charge in [-0.1, -0.05) is 25.8 Å². The highest BCUT2D eigenvalue weighted by molar-refractivity contribution is 7.10. The molecule has 20 heavy (non-hydrogen) atoms. The van der Waals surface area contributed by atoms with Gasteiger partial charge in [-0.2, -0.15) is 0 Å². The van der Waals surface area contributed by atoms with E-state index in [2.05, 4.69) is 34.7 Å². The van der Waals surface area contributed by atoms with Crippen molar-refractivity contribution in [1.82, 2.24) is 10.2 Å². The molecule has 0 bridgehead atoms. The lowest BCUT2D eigenvalue weighted by Crippen LogP contribution is -2.47. The van der Waals surface area contributed by atoms with E-state index in [4.69, 9.17) is 0 Å². The molecule has 2 fully saturated rings. The average molecular weight is 292 g/mol. The van der Waals surface area contributed by atoms with Crippen molar-refractivity contribution in [3.05, 3.63) is 22.4 Å². The molecule has 3 heteroatoms.